The van der Waals surface area contributed by atoms with Gasteiger partial charge < -0.3 is 14.7 Å². The molecule has 0 radical (unpaired) electrons. The van der Waals surface area contributed by atoms with Crippen LogP contribution in [0.2, 0.25) is 0 Å². The number of methoxy groups -OCH3 is 1. The molecule has 0 bridgehead atoms. The van der Waals surface area contributed by atoms with Gasteiger partial charge in [-0.1, -0.05) is 18.2 Å². The predicted molar refractivity (Wildman–Crippen MR) is 90.6 cm³/mol. The van der Waals surface area contributed by atoms with E-state index in [0.717, 1.165) is 16.9 Å². The van der Waals surface area contributed by atoms with Gasteiger partial charge in [-0.3, -0.25) is 4.79 Å². The summed E-state index contributed by atoms with van der Waals surface area (Å²) in [7, 11) is 1.60. The zero-order chi connectivity index (χ0) is 17.5. The third-order valence-corrected chi connectivity index (χ3v) is 4.49. The molecular formula is C19H19NO4. The van der Waals surface area contributed by atoms with E-state index in [9.17, 15) is 14.7 Å². The molecule has 5 heteroatoms. The Bertz CT molecular complexity index is 809. The summed E-state index contributed by atoms with van der Waals surface area (Å²) in [6.45, 7) is 4.12. The van der Waals surface area contributed by atoms with Crippen molar-refractivity contribution < 1.29 is 19.4 Å². The Morgan fingerprint density at radius 2 is 1.83 bits per heavy atom. The molecule has 0 saturated carbocycles. The molecule has 1 heterocycles. The third kappa shape index (κ3) is 2.52. The van der Waals surface area contributed by atoms with Crippen LogP contribution in [0.4, 0.5) is 5.69 Å². The number of carbonyl (C=O) groups is 2. The summed E-state index contributed by atoms with van der Waals surface area (Å²) in [6.07, 6.45) is 0. The number of ether oxygens (including phenoxy) is 1. The lowest BCUT2D eigenvalue weighted by molar-refractivity contribution is -0.122. The van der Waals surface area contributed by atoms with Crippen LogP contribution in [0, 0.1) is 0 Å². The Kier molecular flexibility index (Phi) is 3.79. The summed E-state index contributed by atoms with van der Waals surface area (Å²) >= 11 is 0. The number of amides is 1. The standard InChI is InChI=1S/C19H19NO4/c1-19(2)15-9-6-13(17(21)22)10-16(15)20(18(19)23)11-12-4-7-14(24-3)8-5-12/h4-10H,11H2,1-3H3,(H,21,22). The van der Waals surface area contributed by atoms with E-state index in [-0.39, 0.29) is 11.5 Å². The molecular weight excluding hydrogens is 306 g/mol. The summed E-state index contributed by atoms with van der Waals surface area (Å²) in [5.41, 5.74) is 1.98. The van der Waals surface area contributed by atoms with Crippen molar-refractivity contribution in [2.24, 2.45) is 0 Å². The van der Waals surface area contributed by atoms with Crippen LogP contribution in [0.15, 0.2) is 42.5 Å². The Balaban J connectivity index is 2.00. The Morgan fingerprint density at radius 3 is 2.42 bits per heavy atom. The maximum absolute atomic E-state index is 12.8. The molecule has 24 heavy (non-hydrogen) atoms. The molecule has 1 aliphatic heterocycles. The first-order valence-corrected chi connectivity index (χ1v) is 7.67. The number of hydrogen-bond donors (Lipinski definition) is 1. The minimum Gasteiger partial charge on any atom is -0.497 e. The van der Waals surface area contributed by atoms with Gasteiger partial charge in [0.1, 0.15) is 5.75 Å². The number of rotatable bonds is 4. The fourth-order valence-corrected chi connectivity index (χ4v) is 3.05. The number of aromatic carboxylic acids is 1. The number of anilines is 1. The maximum Gasteiger partial charge on any atom is 0.335 e. The van der Waals surface area contributed by atoms with Gasteiger partial charge in [-0.25, -0.2) is 4.79 Å². The molecule has 1 aliphatic rings. The van der Waals surface area contributed by atoms with Crippen LogP contribution >= 0.6 is 0 Å². The molecule has 0 fully saturated rings. The van der Waals surface area contributed by atoms with Crippen LogP contribution in [-0.2, 0) is 16.8 Å². The van der Waals surface area contributed by atoms with Gasteiger partial charge in [-0.05, 0) is 49.2 Å². The monoisotopic (exact) mass is 325 g/mol. The number of carbonyl (C=O) groups excluding carboxylic acids is 1. The van der Waals surface area contributed by atoms with Crippen molar-refractivity contribution in [2.45, 2.75) is 25.8 Å². The normalized spacial score (nSPS) is 15.3. The SMILES string of the molecule is COc1ccc(CN2C(=O)C(C)(C)c3ccc(C(=O)O)cc32)cc1. The first kappa shape index (κ1) is 16.1. The predicted octanol–water partition coefficient (Wildman–Crippen LogP) is 3.22. The highest BCUT2D eigenvalue weighted by Gasteiger charge is 2.43. The van der Waals surface area contributed by atoms with E-state index >= 15 is 0 Å². The molecule has 2 aromatic rings. The number of fused-ring (bicyclic) bond motifs is 1. The molecule has 0 unspecified atom stereocenters. The van der Waals surface area contributed by atoms with Crippen molar-refractivity contribution in [1.82, 2.24) is 0 Å². The molecule has 124 valence electrons. The zero-order valence-electron chi connectivity index (χ0n) is 13.9. The van der Waals surface area contributed by atoms with Crippen LogP contribution in [0.3, 0.4) is 0 Å². The van der Waals surface area contributed by atoms with Crippen molar-refractivity contribution in [3.8, 4) is 5.75 Å². The van der Waals surface area contributed by atoms with Crippen molar-refractivity contribution in [1.29, 1.82) is 0 Å². The van der Waals surface area contributed by atoms with E-state index in [1.807, 2.05) is 38.1 Å². The number of benzene rings is 2. The van der Waals surface area contributed by atoms with Crippen molar-refractivity contribution in [2.75, 3.05) is 12.0 Å². The van der Waals surface area contributed by atoms with Crippen LogP contribution in [0.25, 0.3) is 0 Å². The summed E-state index contributed by atoms with van der Waals surface area (Å²) < 4.78 is 5.15. The summed E-state index contributed by atoms with van der Waals surface area (Å²) in [6, 6.07) is 12.4. The minimum absolute atomic E-state index is 0.0316. The molecule has 2 aromatic carbocycles. The topological polar surface area (TPSA) is 66.8 Å². The number of nitrogens with zero attached hydrogens (tertiary/aromatic N) is 1. The molecule has 0 aliphatic carbocycles. The quantitative estimate of drug-likeness (QED) is 0.937. The fraction of sp³-hybridized carbons (Fsp3) is 0.263. The highest BCUT2D eigenvalue weighted by atomic mass is 16.5. The fourth-order valence-electron chi connectivity index (χ4n) is 3.05. The van der Waals surface area contributed by atoms with Crippen molar-refractivity contribution >= 4 is 17.6 Å². The van der Waals surface area contributed by atoms with Gasteiger partial charge in [0.05, 0.1) is 24.6 Å². The van der Waals surface area contributed by atoms with Crippen molar-refractivity contribution in [3.05, 3.63) is 59.2 Å². The van der Waals surface area contributed by atoms with Crippen LogP contribution in [0.1, 0.15) is 35.3 Å². The molecule has 1 amide bonds. The largest absolute Gasteiger partial charge is 0.497 e. The number of carboxylic acid groups (broad SMARTS) is 1. The first-order valence-electron chi connectivity index (χ1n) is 7.67. The lowest BCUT2D eigenvalue weighted by Crippen LogP contribution is -2.35. The van der Waals surface area contributed by atoms with E-state index in [1.54, 1.807) is 30.2 Å². The second kappa shape index (κ2) is 5.67. The van der Waals surface area contributed by atoms with Gasteiger partial charge in [0.2, 0.25) is 5.91 Å². The molecule has 5 nitrogen and oxygen atoms in total. The second-order valence-electron chi connectivity index (χ2n) is 6.40. The lowest BCUT2D eigenvalue weighted by Gasteiger charge is -2.20. The Morgan fingerprint density at radius 1 is 1.17 bits per heavy atom. The van der Waals surface area contributed by atoms with Gasteiger partial charge in [0.15, 0.2) is 0 Å². The van der Waals surface area contributed by atoms with Gasteiger partial charge in [0.25, 0.3) is 0 Å². The van der Waals surface area contributed by atoms with Crippen LogP contribution in [0.5, 0.6) is 5.75 Å². The maximum atomic E-state index is 12.8. The first-order chi connectivity index (χ1) is 11.3. The second-order valence-corrected chi connectivity index (χ2v) is 6.40. The highest BCUT2D eigenvalue weighted by Crippen LogP contribution is 2.42. The molecule has 0 spiro atoms. The van der Waals surface area contributed by atoms with E-state index in [4.69, 9.17) is 4.74 Å². The third-order valence-electron chi connectivity index (χ3n) is 4.49. The van der Waals surface area contributed by atoms with Crippen LogP contribution < -0.4 is 9.64 Å². The van der Waals surface area contributed by atoms with Crippen LogP contribution in [-0.4, -0.2) is 24.1 Å². The van der Waals surface area contributed by atoms with E-state index < -0.39 is 11.4 Å². The summed E-state index contributed by atoms with van der Waals surface area (Å²) in [5, 5.41) is 9.23. The number of carboxylic acids is 1. The average molecular weight is 325 g/mol. The molecule has 3 rings (SSSR count). The van der Waals surface area contributed by atoms with E-state index in [2.05, 4.69) is 0 Å². The van der Waals surface area contributed by atoms with Gasteiger partial charge in [0, 0.05) is 5.69 Å². The summed E-state index contributed by atoms with van der Waals surface area (Å²) in [4.78, 5) is 25.8. The van der Waals surface area contributed by atoms with Crippen molar-refractivity contribution in [3.63, 3.8) is 0 Å². The summed E-state index contributed by atoms with van der Waals surface area (Å²) in [5.74, 6) is -0.282. The van der Waals surface area contributed by atoms with E-state index in [1.165, 1.54) is 0 Å². The molecule has 1 N–H and O–H groups in total. The minimum atomic E-state index is -1.00. The lowest BCUT2D eigenvalue weighted by atomic mass is 9.86. The highest BCUT2D eigenvalue weighted by molar-refractivity contribution is 6.08. The smallest absolute Gasteiger partial charge is 0.335 e. The zero-order valence-corrected chi connectivity index (χ0v) is 13.9. The molecule has 0 aromatic heterocycles. The average Bonchev–Trinajstić information content (AvgIpc) is 2.76. The Hall–Kier alpha value is -2.82. The van der Waals surface area contributed by atoms with Gasteiger partial charge in [-0.2, -0.15) is 0 Å². The Labute approximate surface area is 140 Å². The van der Waals surface area contributed by atoms with E-state index in [0.29, 0.717) is 12.2 Å². The number of hydrogen-bond acceptors (Lipinski definition) is 3. The molecule has 0 saturated heterocycles. The van der Waals surface area contributed by atoms with Gasteiger partial charge in [-0.15, -0.1) is 0 Å². The van der Waals surface area contributed by atoms with Gasteiger partial charge >= 0.3 is 5.97 Å². The molecule has 0 atom stereocenters.